The van der Waals surface area contributed by atoms with E-state index >= 15 is 0 Å². The summed E-state index contributed by atoms with van der Waals surface area (Å²) < 4.78 is 21.5. The quantitative estimate of drug-likeness (QED) is 0.214. The zero-order chi connectivity index (χ0) is 28.4. The Bertz CT molecular complexity index is 1280. The van der Waals surface area contributed by atoms with Crippen molar-refractivity contribution < 1.29 is 33.3 Å². The van der Waals surface area contributed by atoms with Crippen LogP contribution < -0.4 is 14.8 Å². The maximum absolute atomic E-state index is 13.1. The van der Waals surface area contributed by atoms with Gasteiger partial charge in [0, 0.05) is 17.8 Å². The first-order valence-corrected chi connectivity index (χ1v) is 12.4. The van der Waals surface area contributed by atoms with Gasteiger partial charge in [0.15, 0.2) is 17.2 Å². The number of carbonyl (C=O) groups is 3. The minimum atomic E-state index is -1.03. The molecule has 0 unspecified atom stereocenters. The fourth-order valence-electron chi connectivity index (χ4n) is 3.60. The molecule has 0 saturated heterocycles. The number of nitrogens with zero attached hydrogens (tertiary/aromatic N) is 1. The summed E-state index contributed by atoms with van der Waals surface area (Å²) in [5.74, 6) is -1.61. The van der Waals surface area contributed by atoms with Gasteiger partial charge in [-0.25, -0.2) is 9.78 Å². The number of pyridine rings is 1. The van der Waals surface area contributed by atoms with Gasteiger partial charge in [-0.3, -0.25) is 9.59 Å². The summed E-state index contributed by atoms with van der Waals surface area (Å²) in [6, 6.07) is 19.6. The first kappa shape index (κ1) is 28.9. The first-order chi connectivity index (χ1) is 18.7. The fraction of sp³-hybridized carbons (Fsp3) is 0.267. The van der Waals surface area contributed by atoms with Crippen LogP contribution in [0.4, 0.5) is 0 Å². The van der Waals surface area contributed by atoms with E-state index in [4.69, 9.17) is 18.9 Å². The second-order valence-corrected chi connectivity index (χ2v) is 8.85. The molecule has 1 amide bonds. The Labute approximate surface area is 227 Å². The van der Waals surface area contributed by atoms with Gasteiger partial charge >= 0.3 is 11.9 Å². The molecule has 204 valence electrons. The molecule has 0 bridgehead atoms. The van der Waals surface area contributed by atoms with E-state index in [1.807, 2.05) is 60.7 Å². The molecule has 3 rings (SSSR count). The summed E-state index contributed by atoms with van der Waals surface area (Å²) in [4.78, 5) is 41.9. The van der Waals surface area contributed by atoms with E-state index in [9.17, 15) is 14.4 Å². The van der Waals surface area contributed by atoms with E-state index in [2.05, 4.69) is 10.3 Å². The number of aromatic nitrogens is 1. The summed E-state index contributed by atoms with van der Waals surface area (Å²) in [6.45, 7) is 6.14. The van der Waals surface area contributed by atoms with Gasteiger partial charge < -0.3 is 24.3 Å². The third-order valence-electron chi connectivity index (χ3n) is 5.61. The lowest BCUT2D eigenvalue weighted by Crippen LogP contribution is -2.40. The number of carbonyl (C=O) groups excluding carboxylic acids is 3. The van der Waals surface area contributed by atoms with E-state index in [0.717, 1.165) is 16.7 Å². The van der Waals surface area contributed by atoms with Crippen molar-refractivity contribution in [1.82, 2.24) is 10.3 Å². The summed E-state index contributed by atoms with van der Waals surface area (Å²) in [6.07, 6.45) is 1.36. The average Bonchev–Trinajstić information content (AvgIpc) is 2.94. The normalized spacial score (nSPS) is 11.2. The molecule has 3 aromatic rings. The number of hydrogen-bond acceptors (Lipinski definition) is 8. The number of methoxy groups -OCH3 is 1. The van der Waals surface area contributed by atoms with Gasteiger partial charge in [0.1, 0.15) is 11.8 Å². The molecule has 0 fully saturated rings. The summed E-state index contributed by atoms with van der Waals surface area (Å²) in [5.41, 5.74) is 2.37. The van der Waals surface area contributed by atoms with E-state index in [0.29, 0.717) is 5.76 Å². The second-order valence-electron chi connectivity index (χ2n) is 8.85. The SMILES string of the molecule is COc1ccnc(C(=O)N[C@@H](C)C(=O)OC(C)=C(c2ccccc2)c2ccccc2)c1OCOC(=O)C(C)C. The van der Waals surface area contributed by atoms with Gasteiger partial charge in [0.25, 0.3) is 5.91 Å². The number of nitrogens with one attached hydrogen (secondary N) is 1. The van der Waals surface area contributed by atoms with Crippen LogP contribution >= 0.6 is 0 Å². The lowest BCUT2D eigenvalue weighted by atomic mass is 9.97. The number of esters is 2. The zero-order valence-corrected chi connectivity index (χ0v) is 22.6. The Morgan fingerprint density at radius 3 is 2.00 bits per heavy atom. The van der Waals surface area contributed by atoms with Crippen molar-refractivity contribution in [3.63, 3.8) is 0 Å². The molecule has 1 aromatic heterocycles. The number of allylic oxidation sites excluding steroid dienone is 1. The van der Waals surface area contributed by atoms with Crippen LogP contribution in [0.3, 0.4) is 0 Å². The van der Waals surface area contributed by atoms with E-state index in [1.165, 1.54) is 26.3 Å². The van der Waals surface area contributed by atoms with Crippen molar-refractivity contribution in [1.29, 1.82) is 0 Å². The molecule has 2 aromatic carbocycles. The van der Waals surface area contributed by atoms with Crippen molar-refractivity contribution in [3.8, 4) is 11.5 Å². The molecule has 9 nitrogen and oxygen atoms in total. The minimum Gasteiger partial charge on any atom is -0.493 e. The number of benzene rings is 2. The summed E-state index contributed by atoms with van der Waals surface area (Å²) in [7, 11) is 1.40. The van der Waals surface area contributed by atoms with Crippen LogP contribution in [0.15, 0.2) is 78.7 Å². The minimum absolute atomic E-state index is 0.0267. The van der Waals surface area contributed by atoms with Crippen LogP contribution in [-0.4, -0.2) is 42.8 Å². The molecule has 0 spiro atoms. The molecular weight excluding hydrogens is 500 g/mol. The molecule has 0 aliphatic rings. The lowest BCUT2D eigenvalue weighted by molar-refractivity contribution is -0.154. The third-order valence-corrected chi connectivity index (χ3v) is 5.61. The number of ether oxygens (including phenoxy) is 4. The van der Waals surface area contributed by atoms with Crippen LogP contribution in [-0.2, 0) is 19.1 Å². The van der Waals surface area contributed by atoms with Gasteiger partial charge in [0.2, 0.25) is 6.79 Å². The molecule has 0 aliphatic carbocycles. The smallest absolute Gasteiger partial charge is 0.333 e. The Morgan fingerprint density at radius 1 is 0.872 bits per heavy atom. The largest absolute Gasteiger partial charge is 0.493 e. The van der Waals surface area contributed by atoms with Crippen molar-refractivity contribution in [3.05, 3.63) is 95.5 Å². The highest BCUT2D eigenvalue weighted by Gasteiger charge is 2.25. The van der Waals surface area contributed by atoms with Gasteiger partial charge in [-0.1, -0.05) is 74.5 Å². The van der Waals surface area contributed by atoms with Gasteiger partial charge in [-0.15, -0.1) is 0 Å². The zero-order valence-electron chi connectivity index (χ0n) is 22.6. The topological polar surface area (TPSA) is 113 Å². The van der Waals surface area contributed by atoms with Crippen LogP contribution in [0.25, 0.3) is 5.57 Å². The Kier molecular flexibility index (Phi) is 10.2. The molecule has 9 heteroatoms. The Balaban J connectivity index is 1.77. The van der Waals surface area contributed by atoms with Crippen LogP contribution in [0.2, 0.25) is 0 Å². The summed E-state index contributed by atoms with van der Waals surface area (Å²) >= 11 is 0. The number of amides is 1. The standard InChI is InChI=1S/C30H32N2O7/c1-19(2)29(34)38-18-37-27-24(36-5)16-17-31-26(27)28(33)32-20(3)30(35)39-21(4)25(22-12-8-6-9-13-22)23-14-10-7-11-15-23/h6-17,19-20H,18H2,1-5H3,(H,32,33)/t20-/m0/s1. The van der Waals surface area contributed by atoms with Crippen molar-refractivity contribution in [2.24, 2.45) is 5.92 Å². The second kappa shape index (κ2) is 13.8. The summed E-state index contributed by atoms with van der Waals surface area (Å²) in [5, 5.41) is 2.59. The van der Waals surface area contributed by atoms with E-state index in [1.54, 1.807) is 20.8 Å². The highest BCUT2D eigenvalue weighted by Crippen LogP contribution is 2.30. The van der Waals surface area contributed by atoms with Crippen LogP contribution in [0.1, 0.15) is 49.3 Å². The predicted octanol–water partition coefficient (Wildman–Crippen LogP) is 4.77. The Hall–Kier alpha value is -4.66. The highest BCUT2D eigenvalue weighted by molar-refractivity contribution is 5.98. The van der Waals surface area contributed by atoms with Gasteiger partial charge in [-0.2, -0.15) is 0 Å². The molecule has 0 aliphatic heterocycles. The Morgan fingerprint density at radius 2 is 1.46 bits per heavy atom. The molecule has 1 atom stereocenters. The van der Waals surface area contributed by atoms with E-state index < -0.39 is 30.7 Å². The first-order valence-electron chi connectivity index (χ1n) is 12.4. The maximum atomic E-state index is 13.1. The fourth-order valence-corrected chi connectivity index (χ4v) is 3.60. The number of rotatable bonds is 11. The highest BCUT2D eigenvalue weighted by atomic mass is 16.7. The van der Waals surface area contributed by atoms with Crippen LogP contribution in [0.5, 0.6) is 11.5 Å². The molecule has 0 radical (unpaired) electrons. The third kappa shape index (κ3) is 7.67. The lowest BCUT2D eigenvalue weighted by Gasteiger charge is -2.18. The van der Waals surface area contributed by atoms with Crippen molar-refractivity contribution >= 4 is 23.4 Å². The molecule has 1 N–H and O–H groups in total. The molecule has 0 saturated carbocycles. The van der Waals surface area contributed by atoms with Gasteiger partial charge in [0.05, 0.1) is 13.0 Å². The maximum Gasteiger partial charge on any atom is 0.333 e. The van der Waals surface area contributed by atoms with Gasteiger partial charge in [-0.05, 0) is 25.0 Å². The monoisotopic (exact) mass is 532 g/mol. The average molecular weight is 533 g/mol. The molecule has 39 heavy (non-hydrogen) atoms. The predicted molar refractivity (Wildman–Crippen MR) is 145 cm³/mol. The van der Waals surface area contributed by atoms with Crippen LogP contribution in [0, 0.1) is 5.92 Å². The number of hydrogen-bond donors (Lipinski definition) is 1. The molecule has 1 heterocycles. The molecular formula is C30H32N2O7. The van der Waals surface area contributed by atoms with E-state index in [-0.39, 0.29) is 23.1 Å². The van der Waals surface area contributed by atoms with Crippen molar-refractivity contribution in [2.75, 3.05) is 13.9 Å². The van der Waals surface area contributed by atoms with Crippen molar-refractivity contribution in [2.45, 2.75) is 33.7 Å².